The molecule has 0 spiro atoms. The summed E-state index contributed by atoms with van der Waals surface area (Å²) in [6, 6.07) is 13.7. The number of nitriles is 2. The lowest BCUT2D eigenvalue weighted by Crippen LogP contribution is -2.43. The van der Waals surface area contributed by atoms with Crippen LogP contribution in [-0.2, 0) is 11.0 Å². The Morgan fingerprint density at radius 1 is 1.21 bits per heavy atom. The first kappa shape index (κ1) is 22.5. The molecule has 0 aliphatic carbocycles. The number of halogens is 1. The maximum absolute atomic E-state index is 12.5. The molecule has 0 aromatic heterocycles. The van der Waals surface area contributed by atoms with Gasteiger partial charge < -0.3 is 15.3 Å². The van der Waals surface area contributed by atoms with Crippen LogP contribution in [0.2, 0.25) is 0 Å². The molecule has 3 rings (SSSR count). The average molecular weight is 417 g/mol. The van der Waals surface area contributed by atoms with E-state index in [1.54, 1.807) is 34.6 Å². The van der Waals surface area contributed by atoms with Gasteiger partial charge in [-0.1, -0.05) is 12.1 Å². The molecule has 1 fully saturated rings. The van der Waals surface area contributed by atoms with Crippen molar-refractivity contribution in [3.63, 3.8) is 0 Å². The van der Waals surface area contributed by atoms with Gasteiger partial charge in [-0.2, -0.15) is 10.5 Å². The second-order valence-corrected chi connectivity index (χ2v) is 7.98. The van der Waals surface area contributed by atoms with Gasteiger partial charge in [0.2, 0.25) is 0 Å². The number of rotatable bonds is 3. The molecule has 0 radical (unpaired) electrons. The fraction of sp³-hybridized carbons (Fsp3) is 0.300. The Hall–Kier alpha value is -2.82. The molecule has 0 bridgehead atoms. The third kappa shape index (κ3) is 5.37. The van der Waals surface area contributed by atoms with Gasteiger partial charge in [-0.15, -0.1) is 0 Å². The highest BCUT2D eigenvalue weighted by molar-refractivity contribution is 7.82. The second kappa shape index (κ2) is 9.59. The van der Waals surface area contributed by atoms with Gasteiger partial charge >= 0.3 is 0 Å². The monoisotopic (exact) mass is 417 g/mol. The van der Waals surface area contributed by atoms with E-state index in [1.807, 2.05) is 6.07 Å². The highest BCUT2D eigenvalue weighted by atomic mass is 32.2. The van der Waals surface area contributed by atoms with Crippen molar-refractivity contribution in [2.45, 2.75) is 29.9 Å². The summed E-state index contributed by atoms with van der Waals surface area (Å²) in [6.07, 6.45) is -0.508. The van der Waals surface area contributed by atoms with Crippen LogP contribution in [0.4, 0.5) is 4.39 Å². The van der Waals surface area contributed by atoms with Gasteiger partial charge in [0.25, 0.3) is 0 Å². The van der Waals surface area contributed by atoms with Crippen molar-refractivity contribution in [3.05, 3.63) is 59.4 Å². The van der Waals surface area contributed by atoms with E-state index in [1.165, 1.54) is 19.1 Å². The number of phenols is 1. The van der Waals surface area contributed by atoms with Crippen LogP contribution in [-0.4, -0.2) is 48.6 Å². The Morgan fingerprint density at radius 2 is 1.86 bits per heavy atom. The third-order valence-corrected chi connectivity index (χ3v) is 6.04. The first-order valence-corrected chi connectivity index (χ1v) is 9.77. The number of hydrogen-bond acceptors (Lipinski definition) is 6. The molecule has 9 heteroatoms. The molecule has 29 heavy (non-hydrogen) atoms. The first-order chi connectivity index (χ1) is 13.7. The highest BCUT2D eigenvalue weighted by Crippen LogP contribution is 2.28. The van der Waals surface area contributed by atoms with Crippen molar-refractivity contribution < 1.29 is 23.9 Å². The number of aliphatic hydroxyl groups excluding tert-OH is 1. The van der Waals surface area contributed by atoms with Crippen molar-refractivity contribution in [1.82, 2.24) is 4.31 Å². The summed E-state index contributed by atoms with van der Waals surface area (Å²) < 4.78 is 26.5. The lowest BCUT2D eigenvalue weighted by Gasteiger charge is -2.25. The minimum Gasteiger partial charge on any atom is -0.508 e. The van der Waals surface area contributed by atoms with Crippen LogP contribution < -0.4 is 0 Å². The maximum atomic E-state index is 12.5. The summed E-state index contributed by atoms with van der Waals surface area (Å²) in [5.74, 6) is -0.862. The number of phenolic OH excluding ortho intramolecular Hbond substituents is 1. The first-order valence-electron chi connectivity index (χ1n) is 8.67. The Bertz CT molecular complexity index is 986. The lowest BCUT2D eigenvalue weighted by atomic mass is 9.97. The summed E-state index contributed by atoms with van der Waals surface area (Å²) in [7, 11) is -1.49. The van der Waals surface area contributed by atoms with E-state index in [0.717, 1.165) is 6.07 Å². The van der Waals surface area contributed by atoms with Gasteiger partial charge in [0.05, 0.1) is 22.1 Å². The van der Waals surface area contributed by atoms with Crippen molar-refractivity contribution in [1.29, 1.82) is 10.5 Å². The minimum absolute atomic E-state index is 0.0576. The average Bonchev–Trinajstić information content (AvgIpc) is 3.12. The molecule has 7 nitrogen and oxygen atoms in total. The van der Waals surface area contributed by atoms with Gasteiger partial charge in [-0.05, 0) is 37.6 Å². The molecule has 152 valence electrons. The quantitative estimate of drug-likeness (QED) is 0.699. The zero-order valence-electron chi connectivity index (χ0n) is 15.6. The molecule has 1 heterocycles. The van der Waals surface area contributed by atoms with Gasteiger partial charge in [0.15, 0.2) is 0 Å². The van der Waals surface area contributed by atoms with Crippen LogP contribution in [0.3, 0.4) is 0 Å². The number of benzene rings is 2. The van der Waals surface area contributed by atoms with E-state index in [2.05, 4.69) is 0 Å². The van der Waals surface area contributed by atoms with Crippen molar-refractivity contribution in [2.75, 3.05) is 13.1 Å². The van der Waals surface area contributed by atoms with Crippen molar-refractivity contribution in [2.24, 2.45) is 0 Å². The number of aromatic hydroxyl groups is 1. The minimum atomic E-state index is -1.49. The zero-order valence-corrected chi connectivity index (χ0v) is 16.4. The summed E-state index contributed by atoms with van der Waals surface area (Å²) >= 11 is 0. The largest absolute Gasteiger partial charge is 0.508 e. The Morgan fingerprint density at radius 3 is 2.41 bits per heavy atom. The van der Waals surface area contributed by atoms with E-state index in [9.17, 15) is 18.8 Å². The van der Waals surface area contributed by atoms with Gasteiger partial charge in [-0.3, -0.25) is 0 Å². The molecule has 2 aromatic rings. The molecule has 1 aliphatic heterocycles. The van der Waals surface area contributed by atoms with Gasteiger partial charge in [0, 0.05) is 19.2 Å². The predicted octanol–water partition coefficient (Wildman–Crippen LogP) is 1.80. The molecule has 1 saturated heterocycles. The molecule has 0 saturated carbocycles. The summed E-state index contributed by atoms with van der Waals surface area (Å²) in [4.78, 5) is 0.444. The molecule has 3 unspecified atom stereocenters. The fourth-order valence-electron chi connectivity index (χ4n) is 2.71. The second-order valence-electron chi connectivity index (χ2n) is 6.53. The standard InChI is InChI=1S/C13H16N2O3S.C7H4FNO/c1-10(16)13(17)6-7-15(9-13)19(18)12-5-3-2-4-11(12)8-14;8-7-3-6(10)2-1-5(7)4-9/h2-5,10,16-17H,6-7,9H2,1H3;1-3,10H. The normalized spacial score (nSPS) is 20.6. The van der Waals surface area contributed by atoms with Gasteiger partial charge in [-0.25, -0.2) is 12.9 Å². The lowest BCUT2D eigenvalue weighted by molar-refractivity contribution is -0.0534. The van der Waals surface area contributed by atoms with Crippen molar-refractivity contribution >= 4 is 11.0 Å². The van der Waals surface area contributed by atoms with E-state index < -0.39 is 28.5 Å². The number of nitrogens with zero attached hydrogens (tertiary/aromatic N) is 3. The smallest absolute Gasteiger partial charge is 0.144 e. The summed E-state index contributed by atoms with van der Waals surface area (Å²) in [6.45, 7) is 2.08. The van der Waals surface area contributed by atoms with Crippen molar-refractivity contribution in [3.8, 4) is 17.9 Å². The third-order valence-electron chi connectivity index (χ3n) is 4.53. The molecule has 3 atom stereocenters. The van der Waals surface area contributed by atoms with Crippen LogP contribution in [0.15, 0.2) is 47.4 Å². The SMILES string of the molecule is CC(O)C1(O)CCN(S(=O)c2ccccc2C#N)C1.N#Cc1ccc(O)cc1F. The number of aliphatic hydroxyl groups is 2. The molecule has 1 aliphatic rings. The zero-order chi connectivity index (χ0) is 21.6. The molecule has 0 amide bonds. The van der Waals surface area contributed by atoms with Crippen LogP contribution in [0, 0.1) is 28.5 Å². The maximum Gasteiger partial charge on any atom is 0.144 e. The van der Waals surface area contributed by atoms with Crippen LogP contribution in [0.1, 0.15) is 24.5 Å². The van der Waals surface area contributed by atoms with Crippen LogP contribution in [0.5, 0.6) is 5.75 Å². The molecular formula is C20H20FN3O4S. The Labute approximate surface area is 170 Å². The van der Waals surface area contributed by atoms with Crippen LogP contribution in [0.25, 0.3) is 0 Å². The molecule has 3 N–H and O–H groups in total. The highest BCUT2D eigenvalue weighted by Gasteiger charge is 2.42. The van der Waals surface area contributed by atoms with E-state index in [4.69, 9.17) is 15.6 Å². The summed E-state index contributed by atoms with van der Waals surface area (Å²) in [5, 5.41) is 45.7. The summed E-state index contributed by atoms with van der Waals surface area (Å²) in [5.41, 5.74) is -0.914. The predicted molar refractivity (Wildman–Crippen MR) is 103 cm³/mol. The number of hydrogen-bond donors (Lipinski definition) is 3. The molecule has 2 aromatic carbocycles. The Kier molecular flexibility index (Phi) is 7.43. The topological polar surface area (TPSA) is 129 Å². The van der Waals surface area contributed by atoms with Gasteiger partial charge in [0.1, 0.15) is 40.3 Å². The van der Waals surface area contributed by atoms with E-state index in [-0.39, 0.29) is 17.9 Å². The fourth-order valence-corrected chi connectivity index (χ4v) is 4.08. The number of β-amino-alcohol motifs (C(OH)–C–C–N with tert-alkyl or cyclic N) is 1. The molecular weight excluding hydrogens is 397 g/mol. The van der Waals surface area contributed by atoms with Crippen LogP contribution >= 0.6 is 0 Å². The Balaban J connectivity index is 0.000000253. The van der Waals surface area contributed by atoms with E-state index >= 15 is 0 Å². The van der Waals surface area contributed by atoms with E-state index in [0.29, 0.717) is 23.4 Å².